The number of imide groups is 4. The number of β-amino-alcohol motifs (C(OH)–C–C–N with tert-alkyl or cyclic N) is 1. The Morgan fingerprint density at radius 1 is 1.10 bits per heavy atom. The molecule has 4 aliphatic rings. The molecule has 4 saturated heterocycles. The molecule has 0 aromatic carbocycles. The molecule has 228 valence electrons. The predicted molar refractivity (Wildman–Crippen MR) is 148 cm³/mol. The fourth-order valence-electron chi connectivity index (χ4n) is 4.50. The number of aliphatic hydroxyl groups is 1. The van der Waals surface area contributed by atoms with Gasteiger partial charge in [0.2, 0.25) is 11.8 Å². The monoisotopic (exact) mass is 634 g/mol. The number of ether oxygens (including phenoxy) is 3. The number of halogens is 1. The number of nitrogens with zero attached hydrogens (tertiary/aromatic N) is 2. The summed E-state index contributed by atoms with van der Waals surface area (Å²) < 4.78 is 16.2. The van der Waals surface area contributed by atoms with Crippen molar-refractivity contribution in [3.05, 3.63) is 0 Å². The molecule has 0 aliphatic carbocycles. The number of rotatable bonds is 3. The third kappa shape index (κ3) is 9.28. The lowest BCUT2D eigenvalue weighted by molar-refractivity contribution is -0.173. The summed E-state index contributed by atoms with van der Waals surface area (Å²) in [4.78, 5) is 61.8. The predicted octanol–water partition coefficient (Wildman–Crippen LogP) is 0.707. The number of carbonyl (C=O) groups excluding carboxylic acids is 5. The molecule has 4 rings (SSSR count). The number of likely N-dealkylation sites (tertiary alicyclic amines) is 1. The van der Waals surface area contributed by atoms with Gasteiger partial charge in [0.1, 0.15) is 5.60 Å². The number of nitrogens with one attached hydrogen (secondary N) is 2. The highest BCUT2D eigenvalue weighted by atomic mass is 79.9. The van der Waals surface area contributed by atoms with E-state index in [9.17, 15) is 24.0 Å². The Morgan fingerprint density at radius 3 is 2.30 bits per heavy atom. The number of morpholine rings is 2. The Kier molecular flexibility index (Phi) is 13.1. The minimum atomic E-state index is -1.12. The van der Waals surface area contributed by atoms with Crippen molar-refractivity contribution in [1.82, 2.24) is 20.4 Å². The van der Waals surface area contributed by atoms with Gasteiger partial charge < -0.3 is 24.6 Å². The van der Waals surface area contributed by atoms with Gasteiger partial charge in [-0.05, 0) is 40.0 Å². The molecule has 0 aromatic rings. The summed E-state index contributed by atoms with van der Waals surface area (Å²) in [6.07, 6.45) is 1.43. The summed E-state index contributed by atoms with van der Waals surface area (Å²) in [5.74, 6) is -1.75. The van der Waals surface area contributed by atoms with Crippen LogP contribution in [0.1, 0.15) is 59.8 Å². The molecular formula is C26H43BrN4O9. The van der Waals surface area contributed by atoms with Crippen LogP contribution >= 0.6 is 15.9 Å². The van der Waals surface area contributed by atoms with E-state index < -0.39 is 34.7 Å². The number of amides is 5. The first-order chi connectivity index (χ1) is 18.8. The van der Waals surface area contributed by atoms with Crippen molar-refractivity contribution in [3.8, 4) is 0 Å². The molecule has 0 saturated carbocycles. The average Bonchev–Trinajstić information content (AvgIpc) is 2.90. The van der Waals surface area contributed by atoms with Crippen molar-refractivity contribution >= 4 is 45.7 Å². The Labute approximate surface area is 243 Å². The fraction of sp³-hybridized carbons (Fsp3) is 0.808. The number of aliphatic hydroxyl groups excluding tert-OH is 1. The van der Waals surface area contributed by atoms with Crippen LogP contribution in [-0.4, -0.2) is 119 Å². The van der Waals surface area contributed by atoms with Crippen LogP contribution in [-0.2, 0) is 33.4 Å². The van der Waals surface area contributed by atoms with E-state index in [2.05, 4.69) is 33.5 Å². The molecule has 3 N–H and O–H groups in total. The fourth-order valence-corrected chi connectivity index (χ4v) is 4.50. The van der Waals surface area contributed by atoms with Crippen molar-refractivity contribution in [1.29, 1.82) is 0 Å². The maximum atomic E-state index is 12.5. The Bertz CT molecular complexity index is 916. The summed E-state index contributed by atoms with van der Waals surface area (Å²) in [7, 11) is 0. The van der Waals surface area contributed by atoms with E-state index in [0.29, 0.717) is 63.7 Å². The smallest absolute Gasteiger partial charge is 0.424 e. The van der Waals surface area contributed by atoms with Crippen molar-refractivity contribution in [2.24, 2.45) is 0 Å². The molecule has 0 bridgehead atoms. The van der Waals surface area contributed by atoms with Crippen molar-refractivity contribution in [3.63, 3.8) is 0 Å². The zero-order valence-electron chi connectivity index (χ0n) is 23.9. The molecule has 0 radical (unpaired) electrons. The number of hydrogen-bond acceptors (Lipinski definition) is 11. The highest BCUT2D eigenvalue weighted by Crippen LogP contribution is 2.30. The van der Waals surface area contributed by atoms with E-state index in [4.69, 9.17) is 19.3 Å². The van der Waals surface area contributed by atoms with Gasteiger partial charge in [0, 0.05) is 50.9 Å². The summed E-state index contributed by atoms with van der Waals surface area (Å²) in [5.41, 5.74) is -2.78. The minimum absolute atomic E-state index is 0.0661. The lowest BCUT2D eigenvalue weighted by Gasteiger charge is -2.42. The van der Waals surface area contributed by atoms with Gasteiger partial charge in [0.05, 0.1) is 19.8 Å². The first-order valence-corrected chi connectivity index (χ1v) is 14.8. The van der Waals surface area contributed by atoms with Crippen LogP contribution in [0.25, 0.3) is 0 Å². The Hall–Kier alpha value is -1.97. The zero-order chi connectivity index (χ0) is 30.0. The number of carbonyl (C=O) groups is 5. The average molecular weight is 636 g/mol. The van der Waals surface area contributed by atoms with Gasteiger partial charge >= 0.3 is 6.09 Å². The molecule has 5 amide bonds. The van der Waals surface area contributed by atoms with Gasteiger partial charge in [-0.15, -0.1) is 0 Å². The van der Waals surface area contributed by atoms with Crippen LogP contribution in [0, 0.1) is 0 Å². The van der Waals surface area contributed by atoms with E-state index in [0.717, 1.165) is 5.33 Å². The zero-order valence-corrected chi connectivity index (χ0v) is 25.5. The normalized spacial score (nSPS) is 27.4. The maximum Gasteiger partial charge on any atom is 0.424 e. The number of alkyl halides is 1. The molecule has 13 nitrogen and oxygen atoms in total. The van der Waals surface area contributed by atoms with Crippen LogP contribution in [0.4, 0.5) is 4.79 Å². The van der Waals surface area contributed by atoms with Gasteiger partial charge in [0.25, 0.3) is 11.8 Å². The van der Waals surface area contributed by atoms with E-state index >= 15 is 0 Å². The van der Waals surface area contributed by atoms with E-state index in [1.165, 1.54) is 6.42 Å². The summed E-state index contributed by atoms with van der Waals surface area (Å²) >= 11 is 3.25. The van der Waals surface area contributed by atoms with Crippen molar-refractivity contribution in [2.45, 2.75) is 76.6 Å². The molecule has 4 aliphatic heterocycles. The molecule has 4 fully saturated rings. The van der Waals surface area contributed by atoms with Gasteiger partial charge in [-0.2, -0.15) is 4.90 Å². The first kappa shape index (κ1) is 34.2. The Balaban J connectivity index is 0.000000252. The first-order valence-electron chi connectivity index (χ1n) is 13.7. The number of hydrogen-bond donors (Lipinski definition) is 3. The molecule has 4 heterocycles. The van der Waals surface area contributed by atoms with Crippen molar-refractivity contribution in [2.75, 3.05) is 57.9 Å². The molecule has 0 aromatic heterocycles. The van der Waals surface area contributed by atoms with Gasteiger partial charge in [-0.3, -0.25) is 29.4 Å². The quantitative estimate of drug-likeness (QED) is 0.296. The van der Waals surface area contributed by atoms with Crippen LogP contribution in [0.15, 0.2) is 0 Å². The minimum Gasteiger partial charge on any atom is -0.443 e. The standard InChI is InChI=1S/C13H20N2O5.C10H16N2O4.C3H7Br/c1-12(2,3)20-11(18)15-9(16)4-5-13(10(15)17)8-14-6-7-19-13;13-5-3-12-4-6-16-10(7-12)2-1-8(14)11-9(10)15;1-2-3-4/h14H,4-8H2,1-3H3;13H,1-7H2,(H,11,14,15);2-3H2,1H3. The largest absolute Gasteiger partial charge is 0.443 e. The molecule has 40 heavy (non-hydrogen) atoms. The summed E-state index contributed by atoms with van der Waals surface area (Å²) in [6.45, 7) is 10.7. The molecule has 2 atom stereocenters. The van der Waals surface area contributed by atoms with Crippen LogP contribution in [0.3, 0.4) is 0 Å². The third-order valence-electron chi connectivity index (χ3n) is 6.52. The Morgan fingerprint density at radius 2 is 1.75 bits per heavy atom. The molecular weight excluding hydrogens is 592 g/mol. The van der Waals surface area contributed by atoms with E-state index in [-0.39, 0.29) is 31.3 Å². The number of piperidine rings is 2. The summed E-state index contributed by atoms with van der Waals surface area (Å²) in [6, 6.07) is 0. The topological polar surface area (TPSA) is 164 Å². The van der Waals surface area contributed by atoms with Crippen LogP contribution in [0.5, 0.6) is 0 Å². The lowest BCUT2D eigenvalue weighted by Crippen LogP contribution is -2.65. The second-order valence-electron chi connectivity index (χ2n) is 10.9. The van der Waals surface area contributed by atoms with Gasteiger partial charge in [0.15, 0.2) is 11.2 Å². The highest BCUT2D eigenvalue weighted by Gasteiger charge is 2.52. The van der Waals surface area contributed by atoms with E-state index in [1.807, 2.05) is 4.90 Å². The lowest BCUT2D eigenvalue weighted by atomic mass is 9.90. The SMILES string of the molecule is CC(C)(C)OC(=O)N1C(=O)CCC2(CNCCO2)C1=O.CCCBr.O=C1CCC2(CN(CCO)CCO2)C(=O)N1. The highest BCUT2D eigenvalue weighted by molar-refractivity contribution is 9.09. The van der Waals surface area contributed by atoms with Gasteiger partial charge in [-0.25, -0.2) is 4.79 Å². The second kappa shape index (κ2) is 15.3. The third-order valence-corrected chi connectivity index (χ3v) is 7.31. The van der Waals surface area contributed by atoms with Crippen LogP contribution < -0.4 is 10.6 Å². The molecule has 2 unspecified atom stereocenters. The second-order valence-corrected chi connectivity index (χ2v) is 11.7. The van der Waals surface area contributed by atoms with Crippen LogP contribution in [0.2, 0.25) is 0 Å². The van der Waals surface area contributed by atoms with Gasteiger partial charge in [-0.1, -0.05) is 22.9 Å². The van der Waals surface area contributed by atoms with E-state index in [1.54, 1.807) is 20.8 Å². The molecule has 14 heteroatoms. The van der Waals surface area contributed by atoms with Crippen molar-refractivity contribution < 1.29 is 43.3 Å². The maximum absolute atomic E-state index is 12.5. The molecule has 2 spiro atoms. The summed E-state index contributed by atoms with van der Waals surface area (Å²) in [5, 5.41) is 15.4.